The highest BCUT2D eigenvalue weighted by Gasteiger charge is 2.25. The summed E-state index contributed by atoms with van der Waals surface area (Å²) in [6.07, 6.45) is 7.28. The zero-order chi connectivity index (χ0) is 14.2. The van der Waals surface area contributed by atoms with E-state index < -0.39 is 0 Å². The van der Waals surface area contributed by atoms with E-state index in [0.29, 0.717) is 5.92 Å². The van der Waals surface area contributed by atoms with Gasteiger partial charge in [-0.1, -0.05) is 49.6 Å². The Hall–Kier alpha value is -1.35. The van der Waals surface area contributed by atoms with Crippen LogP contribution in [-0.4, -0.2) is 25.7 Å². The molecule has 3 nitrogen and oxygen atoms in total. The zero-order valence-corrected chi connectivity index (χ0v) is 12.3. The summed E-state index contributed by atoms with van der Waals surface area (Å²) in [5.74, 6) is 0.601. The third kappa shape index (κ3) is 4.64. The first-order valence-electron chi connectivity index (χ1n) is 7.62. The van der Waals surface area contributed by atoms with Crippen molar-refractivity contribution in [2.24, 2.45) is 5.92 Å². The first-order chi connectivity index (χ1) is 9.79. The molecular formula is C17H25NO2. The van der Waals surface area contributed by atoms with E-state index >= 15 is 0 Å². The van der Waals surface area contributed by atoms with E-state index in [0.717, 1.165) is 6.42 Å². The Morgan fingerprint density at radius 2 is 1.95 bits per heavy atom. The molecule has 0 bridgehead atoms. The molecule has 3 heteroatoms. The third-order valence-electron chi connectivity index (χ3n) is 4.14. The van der Waals surface area contributed by atoms with Crippen LogP contribution in [0.25, 0.3) is 0 Å². The van der Waals surface area contributed by atoms with E-state index in [2.05, 4.69) is 29.6 Å². The standard InChI is InChI=1S/C17H25NO2/c1-20-13-17(19)18-16(15-10-6-3-7-11-15)12-14-8-4-2-5-9-14/h2,4-5,8-9,15-16H,3,6-7,10-13H2,1H3,(H,18,19). The fourth-order valence-electron chi connectivity index (χ4n) is 3.12. The Kier molecular flexibility index (Phi) is 6.06. The third-order valence-corrected chi connectivity index (χ3v) is 4.14. The number of benzene rings is 1. The molecule has 1 unspecified atom stereocenters. The Labute approximate surface area is 121 Å². The lowest BCUT2D eigenvalue weighted by Gasteiger charge is -2.31. The molecule has 110 valence electrons. The van der Waals surface area contributed by atoms with E-state index in [4.69, 9.17) is 4.74 Å². The topological polar surface area (TPSA) is 38.3 Å². The van der Waals surface area contributed by atoms with Crippen molar-refractivity contribution < 1.29 is 9.53 Å². The summed E-state index contributed by atoms with van der Waals surface area (Å²) in [6, 6.07) is 10.7. The lowest BCUT2D eigenvalue weighted by atomic mass is 9.81. The molecule has 0 radical (unpaired) electrons. The molecule has 1 atom stereocenters. The van der Waals surface area contributed by atoms with Crippen molar-refractivity contribution in [3.05, 3.63) is 35.9 Å². The molecule has 0 aliphatic heterocycles. The van der Waals surface area contributed by atoms with Crippen LogP contribution in [0.1, 0.15) is 37.7 Å². The van der Waals surface area contributed by atoms with E-state index in [1.165, 1.54) is 37.7 Å². The maximum absolute atomic E-state index is 11.9. The Bertz CT molecular complexity index is 399. The smallest absolute Gasteiger partial charge is 0.246 e. The van der Waals surface area contributed by atoms with Gasteiger partial charge in [-0.2, -0.15) is 0 Å². The van der Waals surface area contributed by atoms with Crippen LogP contribution in [0.5, 0.6) is 0 Å². The molecule has 0 saturated heterocycles. The van der Waals surface area contributed by atoms with Gasteiger partial charge in [-0.05, 0) is 30.7 Å². The van der Waals surface area contributed by atoms with Crippen LogP contribution >= 0.6 is 0 Å². The van der Waals surface area contributed by atoms with Gasteiger partial charge in [0.05, 0.1) is 0 Å². The molecule has 1 saturated carbocycles. The quantitative estimate of drug-likeness (QED) is 0.867. The summed E-state index contributed by atoms with van der Waals surface area (Å²) < 4.78 is 4.93. The monoisotopic (exact) mass is 275 g/mol. The van der Waals surface area contributed by atoms with Gasteiger partial charge in [0.2, 0.25) is 5.91 Å². The van der Waals surface area contributed by atoms with Gasteiger partial charge in [-0.15, -0.1) is 0 Å². The summed E-state index contributed by atoms with van der Waals surface area (Å²) in [5, 5.41) is 3.17. The lowest BCUT2D eigenvalue weighted by Crippen LogP contribution is -2.44. The van der Waals surface area contributed by atoms with Gasteiger partial charge in [0, 0.05) is 13.2 Å². The minimum absolute atomic E-state index is 0.000922. The van der Waals surface area contributed by atoms with E-state index in [1.807, 2.05) is 6.07 Å². The van der Waals surface area contributed by atoms with Crippen LogP contribution in [-0.2, 0) is 16.0 Å². The predicted octanol–water partition coefficient (Wildman–Crippen LogP) is 2.94. The van der Waals surface area contributed by atoms with Crippen molar-refractivity contribution >= 4 is 5.91 Å². The van der Waals surface area contributed by atoms with Gasteiger partial charge in [0.25, 0.3) is 0 Å². The van der Waals surface area contributed by atoms with Crippen LogP contribution in [0.2, 0.25) is 0 Å². The van der Waals surface area contributed by atoms with Crippen molar-refractivity contribution in [3.63, 3.8) is 0 Å². The van der Waals surface area contributed by atoms with Crippen LogP contribution in [0, 0.1) is 5.92 Å². The second-order valence-corrected chi connectivity index (χ2v) is 5.69. The average Bonchev–Trinajstić information content (AvgIpc) is 2.49. The van der Waals surface area contributed by atoms with Gasteiger partial charge >= 0.3 is 0 Å². The maximum Gasteiger partial charge on any atom is 0.246 e. The Morgan fingerprint density at radius 3 is 2.60 bits per heavy atom. The number of ether oxygens (including phenoxy) is 1. The number of amides is 1. The van der Waals surface area contributed by atoms with Gasteiger partial charge < -0.3 is 10.1 Å². The highest BCUT2D eigenvalue weighted by atomic mass is 16.5. The predicted molar refractivity (Wildman–Crippen MR) is 80.5 cm³/mol. The normalized spacial score (nSPS) is 17.6. The van der Waals surface area contributed by atoms with Crippen molar-refractivity contribution in [1.29, 1.82) is 0 Å². The van der Waals surface area contributed by atoms with Crippen LogP contribution in [0.15, 0.2) is 30.3 Å². The molecular weight excluding hydrogens is 250 g/mol. The Balaban J connectivity index is 2.00. The molecule has 1 aromatic carbocycles. The van der Waals surface area contributed by atoms with Crippen LogP contribution in [0.3, 0.4) is 0 Å². The van der Waals surface area contributed by atoms with Crippen LogP contribution < -0.4 is 5.32 Å². The van der Waals surface area contributed by atoms with Crippen molar-refractivity contribution in [2.45, 2.75) is 44.6 Å². The van der Waals surface area contributed by atoms with Crippen molar-refractivity contribution in [2.75, 3.05) is 13.7 Å². The van der Waals surface area contributed by atoms with Crippen molar-refractivity contribution in [3.8, 4) is 0 Å². The molecule has 20 heavy (non-hydrogen) atoms. The van der Waals surface area contributed by atoms with Gasteiger partial charge in [0.15, 0.2) is 0 Å². The maximum atomic E-state index is 11.9. The molecule has 0 heterocycles. The first-order valence-corrected chi connectivity index (χ1v) is 7.62. The summed E-state index contributed by atoms with van der Waals surface area (Å²) in [7, 11) is 1.56. The fraction of sp³-hybridized carbons (Fsp3) is 0.588. The molecule has 0 aromatic heterocycles. The molecule has 1 aromatic rings. The van der Waals surface area contributed by atoms with Gasteiger partial charge in [-0.25, -0.2) is 0 Å². The van der Waals surface area contributed by atoms with Gasteiger partial charge in [0.1, 0.15) is 6.61 Å². The summed E-state index contributed by atoms with van der Waals surface area (Å²) in [5.41, 5.74) is 1.29. The molecule has 1 aliphatic carbocycles. The highest BCUT2D eigenvalue weighted by molar-refractivity contribution is 5.77. The second kappa shape index (κ2) is 8.05. The molecule has 2 rings (SSSR count). The number of carbonyl (C=O) groups excluding carboxylic acids is 1. The molecule has 1 amide bonds. The summed E-state index contributed by atoms with van der Waals surface area (Å²) in [4.78, 5) is 11.9. The first kappa shape index (κ1) is 15.0. The number of rotatable bonds is 6. The lowest BCUT2D eigenvalue weighted by molar-refractivity contribution is -0.125. The summed E-state index contributed by atoms with van der Waals surface area (Å²) in [6.45, 7) is 0.151. The minimum Gasteiger partial charge on any atom is -0.375 e. The SMILES string of the molecule is COCC(=O)NC(Cc1ccccc1)C1CCCCC1. The fourth-order valence-corrected chi connectivity index (χ4v) is 3.12. The molecule has 1 N–H and O–H groups in total. The van der Waals surface area contributed by atoms with Crippen LogP contribution in [0.4, 0.5) is 0 Å². The van der Waals surface area contributed by atoms with Crippen molar-refractivity contribution in [1.82, 2.24) is 5.32 Å². The number of hydrogen-bond donors (Lipinski definition) is 1. The number of hydrogen-bond acceptors (Lipinski definition) is 2. The molecule has 1 aliphatic rings. The minimum atomic E-state index is -0.000922. The number of methoxy groups -OCH3 is 1. The molecule has 0 spiro atoms. The Morgan fingerprint density at radius 1 is 1.25 bits per heavy atom. The largest absolute Gasteiger partial charge is 0.375 e. The zero-order valence-electron chi connectivity index (χ0n) is 12.3. The molecule has 1 fully saturated rings. The number of carbonyl (C=O) groups is 1. The van der Waals surface area contributed by atoms with E-state index in [1.54, 1.807) is 7.11 Å². The van der Waals surface area contributed by atoms with E-state index in [-0.39, 0.29) is 18.6 Å². The number of nitrogens with one attached hydrogen (secondary N) is 1. The highest BCUT2D eigenvalue weighted by Crippen LogP contribution is 2.28. The average molecular weight is 275 g/mol. The second-order valence-electron chi connectivity index (χ2n) is 5.69. The van der Waals surface area contributed by atoms with E-state index in [9.17, 15) is 4.79 Å². The van der Waals surface area contributed by atoms with Gasteiger partial charge in [-0.3, -0.25) is 4.79 Å². The summed E-state index contributed by atoms with van der Waals surface area (Å²) >= 11 is 0.